The van der Waals surface area contributed by atoms with Gasteiger partial charge in [-0.3, -0.25) is 0 Å². The molecule has 5 nitrogen and oxygen atoms in total. The highest BCUT2D eigenvalue weighted by Crippen LogP contribution is 2.26. The van der Waals surface area contributed by atoms with E-state index >= 15 is 0 Å². The molecule has 0 spiro atoms. The van der Waals surface area contributed by atoms with E-state index in [-0.39, 0.29) is 11.6 Å². The molecule has 1 heterocycles. The van der Waals surface area contributed by atoms with Crippen LogP contribution in [0.25, 0.3) is 11.0 Å². The molecule has 0 saturated heterocycles. The van der Waals surface area contributed by atoms with Crippen LogP contribution in [-0.2, 0) is 22.3 Å². The zero-order valence-electron chi connectivity index (χ0n) is 11.5. The van der Waals surface area contributed by atoms with Gasteiger partial charge in [0, 0.05) is 12.8 Å². The summed E-state index contributed by atoms with van der Waals surface area (Å²) in [5.41, 5.74) is 1.56. The van der Waals surface area contributed by atoms with E-state index in [4.69, 9.17) is 16.3 Å². The van der Waals surface area contributed by atoms with Crippen molar-refractivity contribution in [1.82, 2.24) is 9.55 Å². The summed E-state index contributed by atoms with van der Waals surface area (Å²) in [5.74, 6) is 1.62. The maximum atomic E-state index is 11.3. The summed E-state index contributed by atoms with van der Waals surface area (Å²) in [6.45, 7) is 2.79. The van der Waals surface area contributed by atoms with Gasteiger partial charge in [-0.25, -0.2) is 13.4 Å². The summed E-state index contributed by atoms with van der Waals surface area (Å²) in [5, 5.41) is 0. The molecule has 1 aromatic heterocycles. The fourth-order valence-electron chi connectivity index (χ4n) is 2.05. The van der Waals surface area contributed by atoms with Gasteiger partial charge in [0.15, 0.2) is 0 Å². The van der Waals surface area contributed by atoms with Crippen LogP contribution in [0, 0.1) is 0 Å². The molecule has 0 bridgehead atoms. The SMILES string of the molecule is CCOc1cccc2c1nc(CCl)n2CCS(C)(=O)=O. The predicted molar refractivity (Wildman–Crippen MR) is 80.2 cm³/mol. The molecule has 1 aromatic carbocycles. The zero-order valence-corrected chi connectivity index (χ0v) is 13.0. The third kappa shape index (κ3) is 3.24. The second-order valence-corrected chi connectivity index (χ2v) is 7.03. The van der Waals surface area contributed by atoms with Gasteiger partial charge < -0.3 is 9.30 Å². The molecule has 0 atom stereocenters. The number of ether oxygens (including phenoxy) is 1. The van der Waals surface area contributed by atoms with Gasteiger partial charge in [-0.2, -0.15) is 0 Å². The Balaban J connectivity index is 2.49. The number of imidazole rings is 1. The van der Waals surface area contributed by atoms with E-state index in [9.17, 15) is 8.42 Å². The number of fused-ring (bicyclic) bond motifs is 1. The number of hydrogen-bond donors (Lipinski definition) is 0. The first kappa shape index (κ1) is 15.1. The number of para-hydroxylation sites is 1. The number of hydrogen-bond acceptors (Lipinski definition) is 4. The van der Waals surface area contributed by atoms with Crippen LogP contribution in [0.4, 0.5) is 0 Å². The third-order valence-corrected chi connectivity index (χ3v) is 4.09. The first-order valence-corrected chi connectivity index (χ1v) is 8.90. The number of sulfone groups is 1. The van der Waals surface area contributed by atoms with Gasteiger partial charge in [0.05, 0.1) is 23.8 Å². The van der Waals surface area contributed by atoms with Gasteiger partial charge in [0.25, 0.3) is 0 Å². The molecular weight excluding hydrogens is 300 g/mol. The second kappa shape index (κ2) is 6.01. The maximum absolute atomic E-state index is 11.3. The lowest BCUT2D eigenvalue weighted by atomic mass is 10.3. The first-order valence-electron chi connectivity index (χ1n) is 6.31. The van der Waals surface area contributed by atoms with E-state index in [1.54, 1.807) is 0 Å². The van der Waals surface area contributed by atoms with Gasteiger partial charge in [0.1, 0.15) is 26.9 Å². The van der Waals surface area contributed by atoms with Crippen LogP contribution in [0.3, 0.4) is 0 Å². The van der Waals surface area contributed by atoms with Gasteiger partial charge in [0.2, 0.25) is 0 Å². The van der Waals surface area contributed by atoms with Crippen LogP contribution in [0.5, 0.6) is 5.75 Å². The summed E-state index contributed by atoms with van der Waals surface area (Å²) in [6, 6.07) is 5.60. The molecule has 0 saturated carbocycles. The number of benzene rings is 1. The Labute approximate surface area is 123 Å². The standard InChI is InChI=1S/C13H17ClN2O3S/c1-3-19-11-6-4-5-10-13(11)15-12(9-14)16(10)7-8-20(2,17)18/h4-6H,3,7-9H2,1-2H3. The number of nitrogens with zero attached hydrogens (tertiary/aromatic N) is 2. The molecule has 0 fully saturated rings. The van der Waals surface area contributed by atoms with E-state index in [1.807, 2.05) is 29.7 Å². The Morgan fingerprint density at radius 2 is 2.15 bits per heavy atom. The van der Waals surface area contributed by atoms with E-state index < -0.39 is 9.84 Å². The lowest BCUT2D eigenvalue weighted by molar-refractivity contribution is 0.343. The average Bonchev–Trinajstić information content (AvgIpc) is 2.75. The van der Waals surface area contributed by atoms with E-state index in [0.29, 0.717) is 24.7 Å². The monoisotopic (exact) mass is 316 g/mol. The lowest BCUT2D eigenvalue weighted by Crippen LogP contribution is -2.12. The number of alkyl halides is 1. The molecule has 110 valence electrons. The molecule has 7 heteroatoms. The molecule has 0 unspecified atom stereocenters. The highest BCUT2D eigenvalue weighted by atomic mass is 35.5. The van der Waals surface area contributed by atoms with Crippen LogP contribution < -0.4 is 4.74 Å². The van der Waals surface area contributed by atoms with Crippen LogP contribution in [-0.4, -0.2) is 36.6 Å². The van der Waals surface area contributed by atoms with Gasteiger partial charge in [-0.05, 0) is 19.1 Å². The Morgan fingerprint density at radius 1 is 1.40 bits per heavy atom. The van der Waals surface area contributed by atoms with E-state index in [1.165, 1.54) is 6.26 Å². The topological polar surface area (TPSA) is 61.2 Å². The highest BCUT2D eigenvalue weighted by Gasteiger charge is 2.15. The molecule has 0 N–H and O–H groups in total. The summed E-state index contributed by atoms with van der Waals surface area (Å²) in [7, 11) is -3.04. The Morgan fingerprint density at radius 3 is 2.75 bits per heavy atom. The molecule has 0 aliphatic carbocycles. The number of aryl methyl sites for hydroxylation is 1. The number of rotatable bonds is 6. The quantitative estimate of drug-likeness (QED) is 0.767. The first-order chi connectivity index (χ1) is 9.46. The second-order valence-electron chi connectivity index (χ2n) is 4.50. The molecule has 0 amide bonds. The van der Waals surface area contributed by atoms with Crippen molar-refractivity contribution < 1.29 is 13.2 Å². The van der Waals surface area contributed by atoms with Crippen molar-refractivity contribution in [1.29, 1.82) is 0 Å². The normalized spacial score (nSPS) is 11.9. The van der Waals surface area contributed by atoms with Crippen molar-refractivity contribution in [2.24, 2.45) is 0 Å². The Hall–Kier alpha value is -1.27. The van der Waals surface area contributed by atoms with Crippen molar-refractivity contribution in [2.75, 3.05) is 18.6 Å². The zero-order chi connectivity index (χ0) is 14.8. The van der Waals surface area contributed by atoms with Crippen LogP contribution in [0.2, 0.25) is 0 Å². The smallest absolute Gasteiger partial charge is 0.149 e. The Kier molecular flexibility index (Phi) is 4.55. The van der Waals surface area contributed by atoms with Crippen LogP contribution >= 0.6 is 11.6 Å². The minimum Gasteiger partial charge on any atom is -0.492 e. The molecule has 0 aliphatic rings. The van der Waals surface area contributed by atoms with Crippen LogP contribution in [0.1, 0.15) is 12.7 Å². The average molecular weight is 317 g/mol. The Bertz CT molecular complexity index is 710. The minimum absolute atomic E-state index is 0.0568. The molecule has 0 aliphatic heterocycles. The number of halogens is 1. The molecule has 2 aromatic rings. The lowest BCUT2D eigenvalue weighted by Gasteiger charge is -2.07. The van der Waals surface area contributed by atoms with Gasteiger partial charge in [-0.15, -0.1) is 11.6 Å². The molecular formula is C13H17ClN2O3S. The third-order valence-electron chi connectivity index (χ3n) is 2.93. The summed E-state index contributed by atoms with van der Waals surface area (Å²) < 4.78 is 30.1. The highest BCUT2D eigenvalue weighted by molar-refractivity contribution is 7.90. The van der Waals surface area contributed by atoms with Crippen molar-refractivity contribution in [3.8, 4) is 5.75 Å². The molecule has 2 rings (SSSR count). The van der Waals surface area contributed by atoms with Gasteiger partial charge in [-0.1, -0.05) is 6.07 Å². The predicted octanol–water partition coefficient (Wildman–Crippen LogP) is 2.22. The fourth-order valence-corrected chi connectivity index (χ4v) is 2.77. The molecule has 20 heavy (non-hydrogen) atoms. The summed E-state index contributed by atoms with van der Waals surface area (Å²) in [4.78, 5) is 4.46. The van der Waals surface area contributed by atoms with E-state index in [2.05, 4.69) is 4.98 Å². The van der Waals surface area contributed by atoms with Crippen molar-refractivity contribution >= 4 is 32.5 Å². The van der Waals surface area contributed by atoms with Gasteiger partial charge >= 0.3 is 0 Å². The van der Waals surface area contributed by atoms with E-state index in [0.717, 1.165) is 11.0 Å². The van der Waals surface area contributed by atoms with Crippen molar-refractivity contribution in [3.05, 3.63) is 24.0 Å². The summed E-state index contributed by atoms with van der Waals surface area (Å²) >= 11 is 5.91. The van der Waals surface area contributed by atoms with Crippen LogP contribution in [0.15, 0.2) is 18.2 Å². The summed E-state index contributed by atoms with van der Waals surface area (Å²) in [6.07, 6.45) is 1.22. The molecule has 0 radical (unpaired) electrons. The largest absolute Gasteiger partial charge is 0.492 e. The minimum atomic E-state index is -3.04. The number of aromatic nitrogens is 2. The van der Waals surface area contributed by atoms with Crippen molar-refractivity contribution in [3.63, 3.8) is 0 Å². The van der Waals surface area contributed by atoms with Crippen molar-refractivity contribution in [2.45, 2.75) is 19.3 Å². The maximum Gasteiger partial charge on any atom is 0.149 e. The fraction of sp³-hybridized carbons (Fsp3) is 0.462.